The number of aliphatic hydroxyl groups excluding tert-OH is 1. The van der Waals surface area contributed by atoms with Crippen molar-refractivity contribution in [1.29, 1.82) is 0 Å². The highest BCUT2D eigenvalue weighted by molar-refractivity contribution is 5.95. The molecule has 2 aromatic rings. The van der Waals surface area contributed by atoms with E-state index >= 15 is 0 Å². The zero-order valence-electron chi connectivity index (χ0n) is 13.4. The van der Waals surface area contributed by atoms with Crippen LogP contribution >= 0.6 is 0 Å². The normalized spacial score (nSPS) is 10.1. The molecule has 0 heterocycles. The molecule has 0 aliphatic carbocycles. The molecule has 2 amide bonds. The van der Waals surface area contributed by atoms with Gasteiger partial charge in [-0.2, -0.15) is 0 Å². The van der Waals surface area contributed by atoms with Gasteiger partial charge in [0.25, 0.3) is 11.8 Å². The first-order valence-corrected chi connectivity index (χ1v) is 7.57. The standard InChI is InChI=1S/C18H20N2O4/c1-19-18(23)14-7-9-16(10-8-14)24-13-17(22)20(11-12-21)15-5-3-2-4-6-15/h2-10,21H,11-13H2,1H3,(H,19,23). The van der Waals surface area contributed by atoms with Gasteiger partial charge in [-0.25, -0.2) is 0 Å². The molecule has 2 aromatic carbocycles. The van der Waals surface area contributed by atoms with Crippen LogP contribution in [-0.2, 0) is 4.79 Å². The third kappa shape index (κ3) is 4.57. The van der Waals surface area contributed by atoms with Crippen LogP contribution in [0.25, 0.3) is 0 Å². The molecule has 0 fully saturated rings. The second-order valence-corrected chi connectivity index (χ2v) is 5.00. The molecular weight excluding hydrogens is 308 g/mol. The number of amides is 2. The summed E-state index contributed by atoms with van der Waals surface area (Å²) in [7, 11) is 1.56. The molecule has 0 aromatic heterocycles. The molecule has 0 unspecified atom stereocenters. The molecule has 0 atom stereocenters. The van der Waals surface area contributed by atoms with Crippen molar-refractivity contribution in [3.63, 3.8) is 0 Å². The van der Waals surface area contributed by atoms with Gasteiger partial charge in [-0.1, -0.05) is 18.2 Å². The fraction of sp³-hybridized carbons (Fsp3) is 0.222. The van der Waals surface area contributed by atoms with E-state index in [1.54, 1.807) is 43.4 Å². The van der Waals surface area contributed by atoms with E-state index in [1.165, 1.54) is 4.90 Å². The second-order valence-electron chi connectivity index (χ2n) is 5.00. The second kappa shape index (κ2) is 8.69. The lowest BCUT2D eigenvalue weighted by Gasteiger charge is -2.22. The number of hydrogen-bond acceptors (Lipinski definition) is 4. The van der Waals surface area contributed by atoms with Crippen LogP contribution < -0.4 is 15.0 Å². The van der Waals surface area contributed by atoms with Gasteiger partial charge in [-0.05, 0) is 36.4 Å². The molecule has 0 spiro atoms. The summed E-state index contributed by atoms with van der Waals surface area (Å²) in [6, 6.07) is 15.6. The largest absolute Gasteiger partial charge is 0.484 e. The van der Waals surface area contributed by atoms with Gasteiger partial charge in [0, 0.05) is 24.8 Å². The summed E-state index contributed by atoms with van der Waals surface area (Å²) in [5, 5.41) is 11.7. The maximum absolute atomic E-state index is 12.4. The van der Waals surface area contributed by atoms with E-state index in [-0.39, 0.29) is 31.6 Å². The minimum absolute atomic E-state index is 0.137. The first-order chi connectivity index (χ1) is 11.7. The van der Waals surface area contributed by atoms with Gasteiger partial charge in [0.15, 0.2) is 6.61 Å². The van der Waals surface area contributed by atoms with Crippen LogP contribution in [0.2, 0.25) is 0 Å². The van der Waals surface area contributed by atoms with Gasteiger partial charge >= 0.3 is 0 Å². The van der Waals surface area contributed by atoms with Crippen molar-refractivity contribution >= 4 is 17.5 Å². The zero-order chi connectivity index (χ0) is 17.4. The molecule has 0 bridgehead atoms. The number of nitrogens with zero attached hydrogens (tertiary/aromatic N) is 1. The summed E-state index contributed by atoms with van der Waals surface area (Å²) in [6.45, 7) is -0.0997. The molecule has 2 N–H and O–H groups in total. The van der Waals surface area contributed by atoms with Gasteiger partial charge in [0.2, 0.25) is 0 Å². The van der Waals surface area contributed by atoms with Crippen molar-refractivity contribution < 1.29 is 19.4 Å². The van der Waals surface area contributed by atoms with Crippen molar-refractivity contribution in [2.24, 2.45) is 0 Å². The van der Waals surface area contributed by atoms with Crippen LogP contribution in [0.15, 0.2) is 54.6 Å². The molecule has 0 aliphatic rings. The van der Waals surface area contributed by atoms with Crippen LogP contribution in [-0.4, -0.2) is 43.7 Å². The molecule has 6 heteroatoms. The van der Waals surface area contributed by atoms with Crippen molar-refractivity contribution in [3.8, 4) is 5.75 Å². The van der Waals surface area contributed by atoms with Crippen LogP contribution in [0.4, 0.5) is 5.69 Å². The maximum Gasteiger partial charge on any atom is 0.264 e. The Morgan fingerprint density at radius 2 is 1.75 bits per heavy atom. The van der Waals surface area contributed by atoms with Crippen LogP contribution in [0, 0.1) is 0 Å². The minimum Gasteiger partial charge on any atom is -0.484 e. The fourth-order valence-electron chi connectivity index (χ4n) is 2.18. The van der Waals surface area contributed by atoms with Crippen molar-refractivity contribution in [3.05, 3.63) is 60.2 Å². The number of aliphatic hydroxyl groups is 1. The Morgan fingerprint density at radius 1 is 1.08 bits per heavy atom. The first-order valence-electron chi connectivity index (χ1n) is 7.57. The summed E-state index contributed by atoms with van der Waals surface area (Å²) in [5.41, 5.74) is 1.22. The highest BCUT2D eigenvalue weighted by Crippen LogP contribution is 2.15. The predicted molar refractivity (Wildman–Crippen MR) is 91.2 cm³/mol. The molecule has 0 saturated heterocycles. The molecule has 126 valence electrons. The van der Waals surface area contributed by atoms with Gasteiger partial charge in [0.1, 0.15) is 5.75 Å². The van der Waals surface area contributed by atoms with Gasteiger partial charge in [-0.3, -0.25) is 9.59 Å². The summed E-state index contributed by atoms with van der Waals surface area (Å²) >= 11 is 0. The minimum atomic E-state index is -0.259. The molecule has 2 rings (SSSR count). The summed E-state index contributed by atoms with van der Waals surface area (Å²) in [5.74, 6) is 0.0504. The number of benzene rings is 2. The van der Waals surface area contributed by atoms with Crippen LogP contribution in [0.1, 0.15) is 10.4 Å². The molecule has 0 saturated carbocycles. The highest BCUT2D eigenvalue weighted by atomic mass is 16.5. The molecule has 0 aliphatic heterocycles. The van der Waals surface area contributed by atoms with E-state index in [0.717, 1.165) is 0 Å². The van der Waals surface area contributed by atoms with Gasteiger partial charge in [-0.15, -0.1) is 0 Å². The number of para-hydroxylation sites is 1. The number of anilines is 1. The third-order valence-electron chi connectivity index (χ3n) is 3.40. The molecular formula is C18H20N2O4. The lowest BCUT2D eigenvalue weighted by atomic mass is 10.2. The quantitative estimate of drug-likeness (QED) is 0.806. The van der Waals surface area contributed by atoms with Crippen LogP contribution in [0.5, 0.6) is 5.75 Å². The van der Waals surface area contributed by atoms with E-state index in [2.05, 4.69) is 5.32 Å². The Hall–Kier alpha value is -2.86. The zero-order valence-corrected chi connectivity index (χ0v) is 13.4. The summed E-state index contributed by atoms with van der Waals surface area (Å²) in [4.78, 5) is 25.3. The fourth-order valence-corrected chi connectivity index (χ4v) is 2.18. The topological polar surface area (TPSA) is 78.9 Å². The Morgan fingerprint density at radius 3 is 2.33 bits per heavy atom. The Balaban J connectivity index is 1.99. The number of hydrogen-bond donors (Lipinski definition) is 2. The van der Waals surface area contributed by atoms with E-state index < -0.39 is 0 Å². The van der Waals surface area contributed by atoms with E-state index in [9.17, 15) is 9.59 Å². The van der Waals surface area contributed by atoms with Crippen molar-refractivity contribution in [2.45, 2.75) is 0 Å². The first kappa shape index (κ1) is 17.5. The predicted octanol–water partition coefficient (Wildman–Crippen LogP) is 1.45. The van der Waals surface area contributed by atoms with E-state index in [0.29, 0.717) is 17.0 Å². The number of carbonyl (C=O) groups is 2. The SMILES string of the molecule is CNC(=O)c1ccc(OCC(=O)N(CCO)c2ccccc2)cc1. The van der Waals surface area contributed by atoms with Gasteiger partial charge < -0.3 is 20.1 Å². The lowest BCUT2D eigenvalue weighted by Crippen LogP contribution is -2.37. The lowest BCUT2D eigenvalue weighted by molar-refractivity contribution is -0.120. The molecule has 24 heavy (non-hydrogen) atoms. The Bertz CT molecular complexity index is 671. The molecule has 0 radical (unpaired) electrons. The Labute approximate surface area is 140 Å². The Kier molecular flexibility index (Phi) is 6.33. The maximum atomic E-state index is 12.4. The number of carbonyl (C=O) groups excluding carboxylic acids is 2. The average molecular weight is 328 g/mol. The molecule has 6 nitrogen and oxygen atoms in total. The van der Waals surface area contributed by atoms with Crippen LogP contribution in [0.3, 0.4) is 0 Å². The van der Waals surface area contributed by atoms with Crippen molar-refractivity contribution in [2.75, 3.05) is 31.7 Å². The average Bonchev–Trinajstić information content (AvgIpc) is 2.64. The monoisotopic (exact) mass is 328 g/mol. The van der Waals surface area contributed by atoms with Gasteiger partial charge in [0.05, 0.1) is 6.61 Å². The summed E-state index contributed by atoms with van der Waals surface area (Å²) < 4.78 is 5.48. The third-order valence-corrected chi connectivity index (χ3v) is 3.40. The van der Waals surface area contributed by atoms with E-state index in [1.807, 2.05) is 18.2 Å². The summed E-state index contributed by atoms with van der Waals surface area (Å²) in [6.07, 6.45) is 0. The highest BCUT2D eigenvalue weighted by Gasteiger charge is 2.15. The smallest absolute Gasteiger partial charge is 0.264 e. The van der Waals surface area contributed by atoms with Crippen molar-refractivity contribution in [1.82, 2.24) is 5.32 Å². The number of ether oxygens (including phenoxy) is 1. The number of nitrogens with one attached hydrogen (secondary N) is 1. The number of rotatable bonds is 7. The van der Waals surface area contributed by atoms with E-state index in [4.69, 9.17) is 9.84 Å².